The van der Waals surface area contributed by atoms with Gasteiger partial charge in [-0.3, -0.25) is 10.1 Å². The molecule has 126 valence electrons. The van der Waals surface area contributed by atoms with Gasteiger partial charge < -0.3 is 19.3 Å². The van der Waals surface area contributed by atoms with Gasteiger partial charge in [0.05, 0.1) is 19.3 Å². The first kappa shape index (κ1) is 20.3. The van der Waals surface area contributed by atoms with Crippen LogP contribution in [0.2, 0.25) is 0 Å². The van der Waals surface area contributed by atoms with Gasteiger partial charge in [0.25, 0.3) is 0 Å². The zero-order valence-corrected chi connectivity index (χ0v) is 14.0. The largest absolute Gasteiger partial charge is 0.480 e. The molecule has 0 aliphatic heterocycles. The summed E-state index contributed by atoms with van der Waals surface area (Å²) in [5.74, 6) is -0.859. The van der Waals surface area contributed by atoms with E-state index in [0.29, 0.717) is 32.8 Å². The molecule has 0 bridgehead atoms. The molecule has 0 aliphatic rings. The van der Waals surface area contributed by atoms with Crippen LogP contribution in [-0.2, 0) is 19.0 Å². The molecule has 0 aromatic carbocycles. The molecule has 6 heteroatoms. The number of ether oxygens (including phenoxy) is 3. The fourth-order valence-electron chi connectivity index (χ4n) is 2.19. The number of carbonyl (C=O) groups is 1. The highest BCUT2D eigenvalue weighted by molar-refractivity contribution is 5.78. The third-order valence-corrected chi connectivity index (χ3v) is 3.04. The van der Waals surface area contributed by atoms with Gasteiger partial charge in [-0.05, 0) is 34.1 Å². The van der Waals surface area contributed by atoms with Crippen molar-refractivity contribution >= 4 is 5.97 Å². The Morgan fingerprint density at radius 1 is 1.19 bits per heavy atom. The molecule has 0 radical (unpaired) electrons. The lowest BCUT2D eigenvalue weighted by Gasteiger charge is -2.31. The summed E-state index contributed by atoms with van der Waals surface area (Å²) >= 11 is 0. The van der Waals surface area contributed by atoms with Crippen molar-refractivity contribution in [1.29, 1.82) is 0 Å². The van der Waals surface area contributed by atoms with E-state index in [1.807, 2.05) is 20.8 Å². The Morgan fingerprint density at radius 3 is 2.38 bits per heavy atom. The van der Waals surface area contributed by atoms with Gasteiger partial charge in [0.1, 0.15) is 5.54 Å². The summed E-state index contributed by atoms with van der Waals surface area (Å²) in [4.78, 5) is 11.4. The summed E-state index contributed by atoms with van der Waals surface area (Å²) in [5, 5.41) is 12.5. The highest BCUT2D eigenvalue weighted by Crippen LogP contribution is 2.16. The molecule has 2 N–H and O–H groups in total. The lowest BCUT2D eigenvalue weighted by Crippen LogP contribution is -2.54. The van der Waals surface area contributed by atoms with E-state index in [4.69, 9.17) is 14.2 Å². The Hall–Kier alpha value is -0.690. The second kappa shape index (κ2) is 11.0. The second-order valence-electron chi connectivity index (χ2n) is 5.78. The SMILES string of the molecule is COCCCOCCOC(C)CC(C)(NC(C)C)C(=O)O. The molecule has 0 aromatic rings. The van der Waals surface area contributed by atoms with Crippen molar-refractivity contribution in [3.63, 3.8) is 0 Å². The van der Waals surface area contributed by atoms with Crippen LogP contribution < -0.4 is 5.32 Å². The predicted molar refractivity (Wildman–Crippen MR) is 81.7 cm³/mol. The third-order valence-electron chi connectivity index (χ3n) is 3.04. The van der Waals surface area contributed by atoms with E-state index in [2.05, 4.69) is 5.32 Å². The van der Waals surface area contributed by atoms with Crippen LogP contribution in [0.5, 0.6) is 0 Å². The number of carboxylic acid groups (broad SMARTS) is 1. The van der Waals surface area contributed by atoms with E-state index in [9.17, 15) is 9.90 Å². The van der Waals surface area contributed by atoms with Gasteiger partial charge in [0, 0.05) is 32.8 Å². The predicted octanol–water partition coefficient (Wildman–Crippen LogP) is 1.68. The molecule has 0 saturated heterocycles. The van der Waals surface area contributed by atoms with Crippen molar-refractivity contribution in [3.8, 4) is 0 Å². The van der Waals surface area contributed by atoms with E-state index < -0.39 is 11.5 Å². The second-order valence-corrected chi connectivity index (χ2v) is 5.78. The molecule has 6 nitrogen and oxygen atoms in total. The number of rotatable bonds is 13. The molecule has 0 saturated carbocycles. The molecule has 2 unspecified atom stereocenters. The average molecular weight is 305 g/mol. The zero-order valence-electron chi connectivity index (χ0n) is 14.0. The zero-order chi connectivity index (χ0) is 16.3. The van der Waals surface area contributed by atoms with Crippen molar-refractivity contribution in [2.45, 2.75) is 58.2 Å². The molecule has 21 heavy (non-hydrogen) atoms. The van der Waals surface area contributed by atoms with E-state index in [0.717, 1.165) is 6.42 Å². The summed E-state index contributed by atoms with van der Waals surface area (Å²) in [7, 11) is 1.66. The quantitative estimate of drug-likeness (QED) is 0.504. The van der Waals surface area contributed by atoms with E-state index >= 15 is 0 Å². The molecule has 0 heterocycles. The Kier molecular flexibility index (Phi) is 10.6. The van der Waals surface area contributed by atoms with Gasteiger partial charge in [0.2, 0.25) is 0 Å². The summed E-state index contributed by atoms with van der Waals surface area (Å²) in [6.07, 6.45) is 1.12. The van der Waals surface area contributed by atoms with Crippen molar-refractivity contribution in [2.24, 2.45) is 0 Å². The van der Waals surface area contributed by atoms with Gasteiger partial charge in [-0.15, -0.1) is 0 Å². The number of hydrogen-bond donors (Lipinski definition) is 2. The van der Waals surface area contributed by atoms with Crippen LogP contribution in [0.1, 0.15) is 40.5 Å². The first-order valence-corrected chi connectivity index (χ1v) is 7.51. The first-order chi connectivity index (χ1) is 9.81. The van der Waals surface area contributed by atoms with Crippen molar-refractivity contribution in [1.82, 2.24) is 5.32 Å². The van der Waals surface area contributed by atoms with Crippen LogP contribution in [0.15, 0.2) is 0 Å². The first-order valence-electron chi connectivity index (χ1n) is 7.51. The molecule has 0 spiro atoms. The van der Waals surface area contributed by atoms with Crippen LogP contribution in [-0.4, -0.2) is 62.3 Å². The average Bonchev–Trinajstić information content (AvgIpc) is 2.36. The number of nitrogens with one attached hydrogen (secondary N) is 1. The van der Waals surface area contributed by atoms with Gasteiger partial charge in [-0.2, -0.15) is 0 Å². The van der Waals surface area contributed by atoms with Crippen LogP contribution in [0.25, 0.3) is 0 Å². The number of aliphatic carboxylic acids is 1. The van der Waals surface area contributed by atoms with Crippen LogP contribution in [0.4, 0.5) is 0 Å². The van der Waals surface area contributed by atoms with Crippen molar-refractivity contribution < 1.29 is 24.1 Å². The lowest BCUT2D eigenvalue weighted by atomic mass is 9.94. The molecular weight excluding hydrogens is 274 g/mol. The standard InChI is InChI=1S/C15H31NO5/c1-12(2)16-15(4,14(17)18)11-13(3)21-10-9-20-8-6-7-19-5/h12-13,16H,6-11H2,1-5H3,(H,17,18). The smallest absolute Gasteiger partial charge is 0.323 e. The molecule has 0 fully saturated rings. The maximum atomic E-state index is 11.4. The van der Waals surface area contributed by atoms with Crippen LogP contribution in [0.3, 0.4) is 0 Å². The molecule has 2 atom stereocenters. The highest BCUT2D eigenvalue weighted by Gasteiger charge is 2.35. The van der Waals surface area contributed by atoms with Crippen molar-refractivity contribution in [2.75, 3.05) is 33.5 Å². The Labute approximate surface area is 128 Å². The topological polar surface area (TPSA) is 77.0 Å². The van der Waals surface area contributed by atoms with Crippen LogP contribution in [0, 0.1) is 0 Å². The van der Waals surface area contributed by atoms with Crippen LogP contribution >= 0.6 is 0 Å². The molecule has 0 amide bonds. The Morgan fingerprint density at radius 2 is 1.86 bits per heavy atom. The molecule has 0 aliphatic carbocycles. The maximum Gasteiger partial charge on any atom is 0.323 e. The minimum Gasteiger partial charge on any atom is -0.480 e. The lowest BCUT2D eigenvalue weighted by molar-refractivity contribution is -0.146. The molecule has 0 aromatic heterocycles. The Balaban J connectivity index is 3.94. The number of carboxylic acids is 1. The number of hydrogen-bond acceptors (Lipinski definition) is 5. The molecule has 0 rings (SSSR count). The van der Waals surface area contributed by atoms with E-state index in [-0.39, 0.29) is 12.1 Å². The number of methoxy groups -OCH3 is 1. The normalized spacial score (nSPS) is 15.9. The van der Waals surface area contributed by atoms with Gasteiger partial charge in [-0.25, -0.2) is 0 Å². The summed E-state index contributed by atoms with van der Waals surface area (Å²) in [5.41, 5.74) is -0.979. The monoisotopic (exact) mass is 305 g/mol. The fourth-order valence-corrected chi connectivity index (χ4v) is 2.19. The summed E-state index contributed by atoms with van der Waals surface area (Å²) in [6, 6.07) is 0.0995. The van der Waals surface area contributed by atoms with Gasteiger partial charge >= 0.3 is 5.97 Å². The van der Waals surface area contributed by atoms with E-state index in [1.54, 1.807) is 14.0 Å². The maximum absolute atomic E-state index is 11.4. The minimum absolute atomic E-state index is 0.0995. The minimum atomic E-state index is -0.979. The van der Waals surface area contributed by atoms with E-state index in [1.165, 1.54) is 0 Å². The van der Waals surface area contributed by atoms with Crippen molar-refractivity contribution in [3.05, 3.63) is 0 Å². The molecular formula is C15H31NO5. The fraction of sp³-hybridized carbons (Fsp3) is 0.933. The Bertz CT molecular complexity index is 285. The van der Waals surface area contributed by atoms with Gasteiger partial charge in [0.15, 0.2) is 0 Å². The third kappa shape index (κ3) is 9.79. The highest BCUT2D eigenvalue weighted by atomic mass is 16.5. The van der Waals surface area contributed by atoms with Gasteiger partial charge in [-0.1, -0.05) is 0 Å². The summed E-state index contributed by atoms with van der Waals surface area (Å²) in [6.45, 7) is 9.75. The summed E-state index contributed by atoms with van der Waals surface area (Å²) < 4.78 is 15.9.